The van der Waals surface area contributed by atoms with Gasteiger partial charge in [0.15, 0.2) is 17.2 Å². The number of rotatable bonds is 4. The van der Waals surface area contributed by atoms with Crippen LogP contribution in [0.25, 0.3) is 11.2 Å². The van der Waals surface area contributed by atoms with Crippen LogP contribution in [0.1, 0.15) is 23.7 Å². The van der Waals surface area contributed by atoms with Crippen LogP contribution in [0.4, 0.5) is 5.82 Å². The van der Waals surface area contributed by atoms with Crippen molar-refractivity contribution in [1.29, 1.82) is 0 Å². The van der Waals surface area contributed by atoms with Crippen LogP contribution in [0.2, 0.25) is 0 Å². The Morgan fingerprint density at radius 3 is 2.72 bits per heavy atom. The quantitative estimate of drug-likeness (QED) is 0.727. The molecule has 6 nitrogen and oxygen atoms in total. The van der Waals surface area contributed by atoms with E-state index < -0.39 is 0 Å². The molecule has 1 aliphatic heterocycles. The van der Waals surface area contributed by atoms with Gasteiger partial charge in [0.05, 0.1) is 7.11 Å². The van der Waals surface area contributed by atoms with Crippen molar-refractivity contribution < 1.29 is 9.15 Å². The van der Waals surface area contributed by atoms with Crippen molar-refractivity contribution in [3.05, 3.63) is 41.5 Å². The second-order valence-electron chi connectivity index (χ2n) is 6.63. The lowest BCUT2D eigenvalue weighted by Crippen LogP contribution is -2.22. The fourth-order valence-corrected chi connectivity index (χ4v) is 3.52. The summed E-state index contributed by atoms with van der Waals surface area (Å²) in [4.78, 5) is 15.8. The number of nitrogens with zero attached hydrogens (tertiary/aromatic N) is 4. The largest absolute Gasteiger partial charge is 0.497 e. The van der Waals surface area contributed by atoms with E-state index in [1.54, 1.807) is 7.11 Å². The lowest BCUT2D eigenvalue weighted by Gasteiger charge is -2.18. The highest BCUT2D eigenvalue weighted by molar-refractivity contribution is 5.82. The van der Waals surface area contributed by atoms with E-state index in [1.807, 2.05) is 26.0 Å². The molecule has 1 fully saturated rings. The molecule has 25 heavy (non-hydrogen) atoms. The molecular formula is C19H22N4O2. The van der Waals surface area contributed by atoms with Crippen LogP contribution >= 0.6 is 0 Å². The normalized spacial score (nSPS) is 17.4. The second kappa shape index (κ2) is 6.35. The number of benzene rings is 1. The number of anilines is 1. The summed E-state index contributed by atoms with van der Waals surface area (Å²) >= 11 is 0. The van der Waals surface area contributed by atoms with Gasteiger partial charge in [0.25, 0.3) is 5.71 Å². The van der Waals surface area contributed by atoms with Gasteiger partial charge in [-0.15, -0.1) is 0 Å². The zero-order valence-corrected chi connectivity index (χ0v) is 14.8. The summed E-state index contributed by atoms with van der Waals surface area (Å²) in [5.41, 5.74) is 2.70. The van der Waals surface area contributed by atoms with Crippen molar-refractivity contribution in [1.82, 2.24) is 15.0 Å². The van der Waals surface area contributed by atoms with Gasteiger partial charge in [-0.05, 0) is 43.4 Å². The number of hydrogen-bond acceptors (Lipinski definition) is 6. The third-order valence-corrected chi connectivity index (χ3v) is 4.73. The molecule has 0 spiro atoms. The second-order valence-corrected chi connectivity index (χ2v) is 6.63. The molecule has 3 aromatic rings. The van der Waals surface area contributed by atoms with E-state index in [-0.39, 0.29) is 0 Å². The van der Waals surface area contributed by atoms with Crippen molar-refractivity contribution in [3.63, 3.8) is 0 Å². The Kier molecular flexibility index (Phi) is 4.03. The molecular weight excluding hydrogens is 316 g/mol. The van der Waals surface area contributed by atoms with E-state index in [9.17, 15) is 0 Å². The highest BCUT2D eigenvalue weighted by Crippen LogP contribution is 2.30. The lowest BCUT2D eigenvalue weighted by atomic mass is 9.99. The number of aryl methyl sites for hydroxylation is 2. The summed E-state index contributed by atoms with van der Waals surface area (Å²) in [6.45, 7) is 5.70. The molecule has 1 aliphatic rings. The van der Waals surface area contributed by atoms with Crippen LogP contribution in [0.15, 0.2) is 28.7 Å². The smallest absolute Gasteiger partial charge is 0.252 e. The molecule has 130 valence electrons. The van der Waals surface area contributed by atoms with E-state index in [1.165, 1.54) is 5.56 Å². The molecule has 4 rings (SSSR count). The summed E-state index contributed by atoms with van der Waals surface area (Å²) in [5, 5.41) is 0. The van der Waals surface area contributed by atoms with E-state index in [4.69, 9.17) is 9.15 Å². The first-order valence-corrected chi connectivity index (χ1v) is 8.62. The number of aromatic nitrogens is 3. The van der Waals surface area contributed by atoms with Gasteiger partial charge < -0.3 is 14.1 Å². The van der Waals surface area contributed by atoms with E-state index >= 15 is 0 Å². The number of fused-ring (bicyclic) bond motifs is 1. The maximum absolute atomic E-state index is 5.59. The van der Waals surface area contributed by atoms with Gasteiger partial charge in [0.2, 0.25) is 0 Å². The summed E-state index contributed by atoms with van der Waals surface area (Å²) in [5.74, 6) is 3.75. The van der Waals surface area contributed by atoms with Gasteiger partial charge in [-0.1, -0.05) is 12.1 Å². The maximum Gasteiger partial charge on any atom is 0.252 e. The van der Waals surface area contributed by atoms with Crippen molar-refractivity contribution in [2.75, 3.05) is 25.1 Å². The molecule has 0 amide bonds. The fourth-order valence-electron chi connectivity index (χ4n) is 3.52. The number of ether oxygens (including phenoxy) is 1. The molecule has 0 radical (unpaired) electrons. The van der Waals surface area contributed by atoms with Crippen molar-refractivity contribution in [2.45, 2.75) is 26.7 Å². The van der Waals surface area contributed by atoms with Crippen molar-refractivity contribution in [3.8, 4) is 5.75 Å². The minimum atomic E-state index is 0.582. The number of hydrogen-bond donors (Lipinski definition) is 0. The summed E-state index contributed by atoms with van der Waals surface area (Å²) < 4.78 is 10.8. The fraction of sp³-hybridized carbons (Fsp3) is 0.421. The average Bonchev–Trinajstić information content (AvgIpc) is 3.20. The van der Waals surface area contributed by atoms with Crippen LogP contribution in [0.3, 0.4) is 0 Å². The minimum absolute atomic E-state index is 0.582. The highest BCUT2D eigenvalue weighted by atomic mass is 16.5. The zero-order valence-electron chi connectivity index (χ0n) is 14.8. The molecule has 0 bridgehead atoms. The van der Waals surface area contributed by atoms with Crippen molar-refractivity contribution >= 4 is 17.0 Å². The Balaban J connectivity index is 1.52. The third-order valence-electron chi connectivity index (χ3n) is 4.73. The number of methoxy groups -OCH3 is 1. The Morgan fingerprint density at radius 2 is 1.96 bits per heavy atom. The predicted octanol–water partition coefficient (Wildman–Crippen LogP) is 3.31. The van der Waals surface area contributed by atoms with Gasteiger partial charge in [0.1, 0.15) is 11.6 Å². The third kappa shape index (κ3) is 3.16. The Hall–Kier alpha value is -2.63. The predicted molar refractivity (Wildman–Crippen MR) is 96.1 cm³/mol. The Morgan fingerprint density at radius 1 is 1.16 bits per heavy atom. The Bertz CT molecular complexity index is 888. The first-order chi connectivity index (χ1) is 12.1. The van der Waals surface area contributed by atoms with Gasteiger partial charge in [-0.3, -0.25) is 0 Å². The summed E-state index contributed by atoms with van der Waals surface area (Å²) in [6.07, 6.45) is 2.21. The summed E-state index contributed by atoms with van der Waals surface area (Å²) in [6, 6.07) is 8.35. The van der Waals surface area contributed by atoms with E-state index in [0.29, 0.717) is 17.5 Å². The molecule has 0 N–H and O–H groups in total. The molecule has 3 heterocycles. The monoisotopic (exact) mass is 338 g/mol. The van der Waals surface area contributed by atoms with Crippen LogP contribution in [-0.4, -0.2) is 35.2 Å². The molecule has 0 saturated carbocycles. The maximum atomic E-state index is 5.59. The lowest BCUT2D eigenvalue weighted by molar-refractivity contribution is 0.414. The average molecular weight is 338 g/mol. The number of oxazole rings is 1. The first kappa shape index (κ1) is 15.9. The molecule has 1 atom stereocenters. The summed E-state index contributed by atoms with van der Waals surface area (Å²) in [7, 11) is 1.69. The van der Waals surface area contributed by atoms with Gasteiger partial charge in [-0.2, -0.15) is 4.98 Å². The first-order valence-electron chi connectivity index (χ1n) is 8.62. The van der Waals surface area contributed by atoms with Crippen LogP contribution in [-0.2, 0) is 6.42 Å². The minimum Gasteiger partial charge on any atom is -0.497 e. The molecule has 0 aliphatic carbocycles. The van der Waals surface area contributed by atoms with Crippen LogP contribution in [0.5, 0.6) is 5.75 Å². The topological polar surface area (TPSA) is 64.3 Å². The SMILES string of the molecule is COc1ccc(CC2CCN(c3nc(C)nc4oc(C)nc34)C2)cc1. The highest BCUT2D eigenvalue weighted by Gasteiger charge is 2.27. The standard InChI is InChI=1S/C19H22N4O2/c1-12-20-18(17-19(21-12)25-13(2)22-17)23-9-8-15(11-23)10-14-4-6-16(24-3)7-5-14/h4-7,15H,8-11H2,1-3H3. The van der Waals surface area contributed by atoms with Crippen LogP contribution in [0, 0.1) is 19.8 Å². The molecule has 1 saturated heterocycles. The van der Waals surface area contributed by atoms with Gasteiger partial charge in [0, 0.05) is 20.0 Å². The van der Waals surface area contributed by atoms with E-state index in [2.05, 4.69) is 32.0 Å². The van der Waals surface area contributed by atoms with E-state index in [0.717, 1.165) is 48.8 Å². The van der Waals surface area contributed by atoms with Crippen molar-refractivity contribution in [2.24, 2.45) is 5.92 Å². The molecule has 6 heteroatoms. The van der Waals surface area contributed by atoms with Gasteiger partial charge in [-0.25, -0.2) is 9.97 Å². The molecule has 1 aromatic carbocycles. The van der Waals surface area contributed by atoms with Gasteiger partial charge >= 0.3 is 0 Å². The Labute approximate surface area is 146 Å². The van der Waals surface area contributed by atoms with Crippen LogP contribution < -0.4 is 9.64 Å². The zero-order chi connectivity index (χ0) is 17.4. The molecule has 2 aromatic heterocycles. The molecule has 1 unspecified atom stereocenters.